The molecule has 0 spiro atoms. The molecule has 3 rings (SSSR count). The molecule has 0 saturated heterocycles. The smallest absolute Gasteiger partial charge is 0.289 e. The van der Waals surface area contributed by atoms with E-state index in [2.05, 4.69) is 0 Å². The van der Waals surface area contributed by atoms with E-state index in [1.54, 1.807) is 30.3 Å². The fourth-order valence-corrected chi connectivity index (χ4v) is 2.75. The van der Waals surface area contributed by atoms with Crippen LogP contribution in [0.4, 0.5) is 0 Å². The second-order valence-corrected chi connectivity index (χ2v) is 5.13. The Hall–Kier alpha value is -3.02. The van der Waals surface area contributed by atoms with Crippen molar-refractivity contribution in [1.82, 2.24) is 4.90 Å². The van der Waals surface area contributed by atoms with Crippen molar-refractivity contribution in [2.45, 2.75) is 6.04 Å². The average Bonchev–Trinajstić information content (AvgIpc) is 3.18. The molecule has 1 unspecified atom stereocenters. The van der Waals surface area contributed by atoms with E-state index in [0.717, 1.165) is 0 Å². The monoisotopic (exact) mass is 313 g/mol. The number of hydrogen-bond acceptors (Lipinski definition) is 5. The number of aliphatic hydroxyl groups is 1. The average molecular weight is 313 g/mol. The molecule has 1 aliphatic heterocycles. The predicted octanol–water partition coefficient (Wildman–Crippen LogP) is 2.50. The number of nitrogens with zero attached hydrogens (tertiary/aromatic N) is 1. The number of likely N-dealkylation sites (N-methyl/N-ethyl adjacent to an activating group) is 1. The summed E-state index contributed by atoms with van der Waals surface area (Å²) >= 11 is 0. The van der Waals surface area contributed by atoms with Crippen molar-refractivity contribution in [1.29, 1.82) is 0 Å². The molecule has 0 fully saturated rings. The van der Waals surface area contributed by atoms with Crippen LogP contribution in [0.2, 0.25) is 0 Å². The molecule has 2 heterocycles. The lowest BCUT2D eigenvalue weighted by Crippen LogP contribution is -2.27. The largest absolute Gasteiger partial charge is 0.503 e. The number of aliphatic hydroxyl groups excluding tert-OH is 1. The second-order valence-electron chi connectivity index (χ2n) is 5.13. The number of Topliss-reactive ketones (excluding diaryl/α,β-unsaturated/α-hetero) is 1. The lowest BCUT2D eigenvalue weighted by Gasteiger charge is -2.23. The quantitative estimate of drug-likeness (QED) is 0.877. The topological polar surface area (TPSA) is 80.0 Å². The molecule has 23 heavy (non-hydrogen) atoms. The Morgan fingerprint density at radius 2 is 2.00 bits per heavy atom. The Morgan fingerprint density at radius 1 is 1.26 bits per heavy atom. The highest BCUT2D eigenvalue weighted by Crippen LogP contribution is 2.41. The minimum Gasteiger partial charge on any atom is -0.503 e. The number of carbonyl (C=O) groups is 2. The predicted molar refractivity (Wildman–Crippen MR) is 81.2 cm³/mol. The maximum Gasteiger partial charge on any atom is 0.289 e. The van der Waals surface area contributed by atoms with Gasteiger partial charge in [-0.15, -0.1) is 0 Å². The zero-order valence-electron chi connectivity index (χ0n) is 12.6. The van der Waals surface area contributed by atoms with Gasteiger partial charge in [0.1, 0.15) is 5.75 Å². The molecule has 0 bridgehead atoms. The normalized spacial score (nSPS) is 17.7. The fourth-order valence-electron chi connectivity index (χ4n) is 2.75. The van der Waals surface area contributed by atoms with E-state index < -0.39 is 23.5 Å². The summed E-state index contributed by atoms with van der Waals surface area (Å²) in [5.41, 5.74) is 0.599. The zero-order chi connectivity index (χ0) is 16.6. The van der Waals surface area contributed by atoms with Gasteiger partial charge in [-0.25, -0.2) is 0 Å². The Morgan fingerprint density at radius 3 is 2.65 bits per heavy atom. The van der Waals surface area contributed by atoms with Crippen molar-refractivity contribution in [2.24, 2.45) is 0 Å². The Kier molecular flexibility index (Phi) is 3.65. The molecule has 118 valence electrons. The molecule has 1 aromatic carbocycles. The van der Waals surface area contributed by atoms with Gasteiger partial charge >= 0.3 is 0 Å². The summed E-state index contributed by atoms with van der Waals surface area (Å²) in [4.78, 5) is 26.1. The van der Waals surface area contributed by atoms with Crippen LogP contribution in [-0.4, -0.2) is 35.9 Å². The van der Waals surface area contributed by atoms with Crippen molar-refractivity contribution in [3.05, 3.63) is 65.3 Å². The molecule has 1 aromatic heterocycles. The molecule has 6 nitrogen and oxygen atoms in total. The number of hydrogen-bond donors (Lipinski definition) is 1. The number of ketones is 1. The van der Waals surface area contributed by atoms with Crippen LogP contribution >= 0.6 is 0 Å². The van der Waals surface area contributed by atoms with Gasteiger partial charge in [0.05, 0.1) is 25.0 Å². The molecular weight excluding hydrogens is 298 g/mol. The Bertz CT molecular complexity index is 791. The van der Waals surface area contributed by atoms with Crippen molar-refractivity contribution in [2.75, 3.05) is 14.2 Å². The first-order valence-electron chi connectivity index (χ1n) is 6.97. The number of furan rings is 1. The minimum absolute atomic E-state index is 0.0167. The van der Waals surface area contributed by atoms with Gasteiger partial charge in [-0.05, 0) is 18.2 Å². The van der Waals surface area contributed by atoms with Crippen molar-refractivity contribution in [3.63, 3.8) is 0 Å². The number of methoxy groups -OCH3 is 1. The number of ether oxygens (including phenoxy) is 1. The summed E-state index contributed by atoms with van der Waals surface area (Å²) in [6, 6.07) is 9.38. The van der Waals surface area contributed by atoms with Crippen molar-refractivity contribution < 1.29 is 23.8 Å². The highest BCUT2D eigenvalue weighted by Gasteiger charge is 2.43. The molecule has 1 N–H and O–H groups in total. The van der Waals surface area contributed by atoms with E-state index in [0.29, 0.717) is 11.3 Å². The first kappa shape index (κ1) is 14.9. The summed E-state index contributed by atoms with van der Waals surface area (Å²) in [7, 11) is 3.03. The SMILES string of the molecule is COc1ccccc1C1C(C(=O)c2ccco2)=C(O)C(=O)N1C. The zero-order valence-corrected chi connectivity index (χ0v) is 12.6. The van der Waals surface area contributed by atoms with E-state index in [-0.39, 0.29) is 11.3 Å². The number of para-hydroxylation sites is 1. The third kappa shape index (κ3) is 2.28. The fraction of sp³-hybridized carbons (Fsp3) is 0.176. The van der Waals surface area contributed by atoms with E-state index in [9.17, 15) is 14.7 Å². The summed E-state index contributed by atoms with van der Waals surface area (Å²) in [5, 5.41) is 10.2. The van der Waals surface area contributed by atoms with Gasteiger partial charge in [-0.2, -0.15) is 0 Å². The van der Waals surface area contributed by atoms with Gasteiger partial charge in [-0.1, -0.05) is 18.2 Å². The van der Waals surface area contributed by atoms with E-state index in [1.807, 2.05) is 0 Å². The molecule has 0 aliphatic carbocycles. The first-order valence-corrected chi connectivity index (χ1v) is 6.97. The van der Waals surface area contributed by atoms with E-state index in [1.165, 1.54) is 31.4 Å². The standard InChI is InChI=1S/C17H15NO5/c1-18-14(10-6-3-4-7-11(10)22-2)13(16(20)17(18)21)15(19)12-8-5-9-23-12/h3-9,14,20H,1-2H3. The number of carbonyl (C=O) groups excluding carboxylic acids is 2. The van der Waals surface area contributed by atoms with Gasteiger partial charge in [0.2, 0.25) is 5.78 Å². The van der Waals surface area contributed by atoms with Crippen LogP contribution in [0.1, 0.15) is 22.2 Å². The van der Waals surface area contributed by atoms with Crippen LogP contribution in [0, 0.1) is 0 Å². The highest BCUT2D eigenvalue weighted by atomic mass is 16.5. The van der Waals surface area contributed by atoms with Crippen LogP contribution in [0.25, 0.3) is 0 Å². The molecule has 2 aromatic rings. The second kappa shape index (κ2) is 5.64. The van der Waals surface area contributed by atoms with Crippen LogP contribution in [-0.2, 0) is 4.79 Å². The van der Waals surface area contributed by atoms with E-state index in [4.69, 9.17) is 9.15 Å². The molecule has 1 atom stereocenters. The molecule has 1 amide bonds. The lowest BCUT2D eigenvalue weighted by atomic mass is 9.94. The third-order valence-electron chi connectivity index (χ3n) is 3.86. The Balaban J connectivity index is 2.14. The number of rotatable bonds is 4. The number of amides is 1. The van der Waals surface area contributed by atoms with Crippen LogP contribution < -0.4 is 4.74 Å². The van der Waals surface area contributed by atoms with Crippen LogP contribution in [0.5, 0.6) is 5.75 Å². The minimum atomic E-state index is -0.740. The molecule has 1 aliphatic rings. The van der Waals surface area contributed by atoms with Gasteiger partial charge in [-0.3, -0.25) is 9.59 Å². The molecule has 6 heteroatoms. The summed E-state index contributed by atoms with van der Waals surface area (Å²) in [5.74, 6) is -1.12. The molecular formula is C17H15NO5. The number of benzene rings is 1. The third-order valence-corrected chi connectivity index (χ3v) is 3.86. The van der Waals surface area contributed by atoms with Crippen LogP contribution in [0.15, 0.2) is 58.4 Å². The maximum atomic E-state index is 12.7. The molecule has 0 radical (unpaired) electrons. The van der Waals surface area contributed by atoms with Gasteiger partial charge < -0.3 is 19.2 Å². The van der Waals surface area contributed by atoms with Gasteiger partial charge in [0.15, 0.2) is 11.5 Å². The maximum absolute atomic E-state index is 12.7. The highest BCUT2D eigenvalue weighted by molar-refractivity contribution is 6.15. The van der Waals surface area contributed by atoms with Crippen molar-refractivity contribution in [3.8, 4) is 5.75 Å². The summed E-state index contributed by atoms with van der Waals surface area (Å²) < 4.78 is 10.4. The first-order chi connectivity index (χ1) is 11.1. The summed E-state index contributed by atoms with van der Waals surface area (Å²) in [6.45, 7) is 0. The lowest BCUT2D eigenvalue weighted by molar-refractivity contribution is -0.128. The van der Waals surface area contributed by atoms with Crippen LogP contribution in [0.3, 0.4) is 0 Å². The Labute approximate surface area is 132 Å². The molecule has 0 saturated carbocycles. The van der Waals surface area contributed by atoms with Gasteiger partial charge in [0.25, 0.3) is 5.91 Å². The van der Waals surface area contributed by atoms with Gasteiger partial charge in [0, 0.05) is 12.6 Å². The summed E-state index contributed by atoms with van der Waals surface area (Å²) in [6.07, 6.45) is 1.36. The van der Waals surface area contributed by atoms with E-state index >= 15 is 0 Å². The van der Waals surface area contributed by atoms with Crippen molar-refractivity contribution >= 4 is 11.7 Å².